The van der Waals surface area contributed by atoms with E-state index in [1.807, 2.05) is 0 Å². The average Bonchev–Trinajstić information content (AvgIpc) is 3.40. The minimum absolute atomic E-state index is 0.0203. The van der Waals surface area contributed by atoms with Crippen molar-refractivity contribution in [2.45, 2.75) is 25.1 Å². The van der Waals surface area contributed by atoms with E-state index in [-0.39, 0.29) is 35.7 Å². The standard InChI is InChI=1S/C26H26F3N5O4/c1-30-24(35)21-14-19(10-12-32-21)38-18-7-2-5-16(13-18)33-25(36)34-20-8-3-9-22(23(20)26(27,28)29)37-15-17-6-4-11-31-17/h2-3,5,7-10,12-14,17,31H,4,6,11,15H2,1H3,(H,30,35)(H2,33,34,36). The van der Waals surface area contributed by atoms with E-state index < -0.39 is 23.5 Å². The molecule has 0 spiro atoms. The van der Waals surface area contributed by atoms with Crippen molar-refractivity contribution in [3.8, 4) is 17.2 Å². The number of carbonyl (C=O) groups excluding carboxylic acids is 2. The monoisotopic (exact) mass is 529 g/mol. The van der Waals surface area contributed by atoms with Gasteiger partial charge in [0.2, 0.25) is 0 Å². The number of hydrogen-bond acceptors (Lipinski definition) is 6. The van der Waals surface area contributed by atoms with Crippen molar-refractivity contribution in [2.75, 3.05) is 30.8 Å². The first kappa shape index (κ1) is 26.7. The fourth-order valence-corrected chi connectivity index (χ4v) is 3.92. The zero-order valence-corrected chi connectivity index (χ0v) is 20.4. The molecule has 1 saturated heterocycles. The third-order valence-electron chi connectivity index (χ3n) is 5.68. The first-order valence-corrected chi connectivity index (χ1v) is 11.8. The Hall–Kier alpha value is -4.32. The number of alkyl halides is 3. The molecule has 3 aromatic rings. The molecule has 3 amide bonds. The molecule has 12 heteroatoms. The molecule has 1 aliphatic rings. The molecular formula is C26H26F3N5O4. The van der Waals surface area contributed by atoms with E-state index in [0.29, 0.717) is 11.5 Å². The topological polar surface area (TPSA) is 114 Å². The molecule has 38 heavy (non-hydrogen) atoms. The second kappa shape index (κ2) is 11.8. The normalized spacial score (nSPS) is 15.0. The summed E-state index contributed by atoms with van der Waals surface area (Å²) in [6.07, 6.45) is -1.58. The fraction of sp³-hybridized carbons (Fsp3) is 0.269. The van der Waals surface area contributed by atoms with Crippen LogP contribution in [0.2, 0.25) is 0 Å². The molecule has 1 aromatic heterocycles. The third-order valence-corrected chi connectivity index (χ3v) is 5.68. The Bertz CT molecular complexity index is 1300. The smallest absolute Gasteiger partial charge is 0.421 e. The van der Waals surface area contributed by atoms with Crippen LogP contribution in [0.25, 0.3) is 0 Å². The molecule has 9 nitrogen and oxygen atoms in total. The fourth-order valence-electron chi connectivity index (χ4n) is 3.92. The number of nitrogens with one attached hydrogen (secondary N) is 4. The maximum atomic E-state index is 13.9. The number of aromatic nitrogens is 1. The van der Waals surface area contributed by atoms with Gasteiger partial charge in [0.15, 0.2) is 0 Å². The molecule has 1 unspecified atom stereocenters. The zero-order chi connectivity index (χ0) is 27.1. The highest BCUT2D eigenvalue weighted by Gasteiger charge is 2.38. The lowest BCUT2D eigenvalue weighted by molar-refractivity contribution is -0.138. The quantitative estimate of drug-likeness (QED) is 0.326. The molecule has 2 aromatic carbocycles. The number of benzene rings is 2. The van der Waals surface area contributed by atoms with E-state index >= 15 is 0 Å². The van der Waals surface area contributed by atoms with Crippen LogP contribution in [0.1, 0.15) is 28.9 Å². The van der Waals surface area contributed by atoms with Crippen LogP contribution < -0.4 is 30.7 Å². The van der Waals surface area contributed by atoms with Gasteiger partial charge in [0.25, 0.3) is 5.91 Å². The molecule has 0 saturated carbocycles. The molecule has 4 N–H and O–H groups in total. The number of carbonyl (C=O) groups is 2. The zero-order valence-electron chi connectivity index (χ0n) is 20.4. The third kappa shape index (κ3) is 6.91. The SMILES string of the molecule is CNC(=O)c1cc(Oc2cccc(NC(=O)Nc3cccc(OCC4CCCN4)c3C(F)(F)F)c2)ccn1. The van der Waals surface area contributed by atoms with Crippen molar-refractivity contribution < 1.29 is 32.2 Å². The Morgan fingerprint density at radius 3 is 2.61 bits per heavy atom. The Morgan fingerprint density at radius 1 is 1.08 bits per heavy atom. The molecule has 0 bridgehead atoms. The van der Waals surface area contributed by atoms with Gasteiger partial charge in [-0.15, -0.1) is 0 Å². The molecule has 1 atom stereocenters. The van der Waals surface area contributed by atoms with Gasteiger partial charge >= 0.3 is 12.2 Å². The van der Waals surface area contributed by atoms with Gasteiger partial charge in [-0.1, -0.05) is 12.1 Å². The van der Waals surface area contributed by atoms with Gasteiger partial charge < -0.3 is 30.7 Å². The van der Waals surface area contributed by atoms with Gasteiger partial charge in [-0.05, 0) is 49.7 Å². The minimum Gasteiger partial charge on any atom is -0.491 e. The first-order valence-electron chi connectivity index (χ1n) is 11.8. The summed E-state index contributed by atoms with van der Waals surface area (Å²) in [4.78, 5) is 28.4. The second-order valence-electron chi connectivity index (χ2n) is 8.45. The van der Waals surface area contributed by atoms with Crippen molar-refractivity contribution in [3.63, 3.8) is 0 Å². The molecule has 2 heterocycles. The van der Waals surface area contributed by atoms with Gasteiger partial charge in [0.05, 0.1) is 5.69 Å². The summed E-state index contributed by atoms with van der Waals surface area (Å²) in [7, 11) is 1.48. The molecule has 1 aliphatic heterocycles. The summed E-state index contributed by atoms with van der Waals surface area (Å²) in [6.45, 7) is 0.890. The summed E-state index contributed by atoms with van der Waals surface area (Å²) >= 11 is 0. The maximum Gasteiger partial charge on any atom is 0.421 e. The lowest BCUT2D eigenvalue weighted by Gasteiger charge is -2.20. The van der Waals surface area contributed by atoms with E-state index in [2.05, 4.69) is 26.3 Å². The molecule has 0 aliphatic carbocycles. The van der Waals surface area contributed by atoms with Gasteiger partial charge in [0, 0.05) is 37.1 Å². The predicted molar refractivity (Wildman–Crippen MR) is 135 cm³/mol. The Balaban J connectivity index is 1.45. The van der Waals surface area contributed by atoms with Crippen molar-refractivity contribution >= 4 is 23.3 Å². The summed E-state index contributed by atoms with van der Waals surface area (Å²) < 4.78 is 53.0. The summed E-state index contributed by atoms with van der Waals surface area (Å²) in [5.41, 5.74) is -1.06. The lowest BCUT2D eigenvalue weighted by Crippen LogP contribution is -2.29. The van der Waals surface area contributed by atoms with E-state index in [1.54, 1.807) is 24.3 Å². The number of nitrogens with zero attached hydrogens (tertiary/aromatic N) is 1. The molecule has 0 radical (unpaired) electrons. The number of pyridine rings is 1. The number of anilines is 2. The number of ether oxygens (including phenoxy) is 2. The van der Waals surface area contributed by atoms with Gasteiger partial charge in [0.1, 0.15) is 35.1 Å². The van der Waals surface area contributed by atoms with Gasteiger partial charge in [-0.3, -0.25) is 9.78 Å². The van der Waals surface area contributed by atoms with Crippen LogP contribution in [-0.4, -0.2) is 43.2 Å². The number of urea groups is 1. The van der Waals surface area contributed by atoms with Crippen LogP contribution in [0.15, 0.2) is 60.8 Å². The lowest BCUT2D eigenvalue weighted by atomic mass is 10.1. The highest BCUT2D eigenvalue weighted by Crippen LogP contribution is 2.41. The van der Waals surface area contributed by atoms with E-state index in [0.717, 1.165) is 25.5 Å². The molecular weight excluding hydrogens is 503 g/mol. The van der Waals surface area contributed by atoms with Gasteiger partial charge in [-0.25, -0.2) is 4.79 Å². The van der Waals surface area contributed by atoms with Gasteiger partial charge in [-0.2, -0.15) is 13.2 Å². The first-order chi connectivity index (χ1) is 18.2. The highest BCUT2D eigenvalue weighted by molar-refractivity contribution is 6.00. The highest BCUT2D eigenvalue weighted by atomic mass is 19.4. The summed E-state index contributed by atoms with van der Waals surface area (Å²) in [6, 6.07) is 12.1. The van der Waals surface area contributed by atoms with Crippen molar-refractivity contribution in [1.82, 2.24) is 15.6 Å². The van der Waals surface area contributed by atoms with Crippen LogP contribution >= 0.6 is 0 Å². The van der Waals surface area contributed by atoms with Crippen LogP contribution in [-0.2, 0) is 6.18 Å². The maximum absolute atomic E-state index is 13.9. The van der Waals surface area contributed by atoms with Crippen LogP contribution in [0.3, 0.4) is 0 Å². The second-order valence-corrected chi connectivity index (χ2v) is 8.45. The molecule has 4 rings (SSSR count). The van der Waals surface area contributed by atoms with E-state index in [1.165, 1.54) is 37.5 Å². The summed E-state index contributed by atoms with van der Waals surface area (Å²) in [5, 5.41) is 10.4. The Labute approximate surface area is 216 Å². The van der Waals surface area contributed by atoms with Crippen molar-refractivity contribution in [3.05, 3.63) is 72.1 Å². The van der Waals surface area contributed by atoms with E-state index in [9.17, 15) is 22.8 Å². The number of hydrogen-bond donors (Lipinski definition) is 4. The van der Waals surface area contributed by atoms with Crippen molar-refractivity contribution in [2.24, 2.45) is 0 Å². The Kier molecular flexibility index (Phi) is 8.31. The Morgan fingerprint density at radius 2 is 1.87 bits per heavy atom. The summed E-state index contributed by atoms with van der Waals surface area (Å²) in [5.74, 6) is -0.0818. The van der Waals surface area contributed by atoms with E-state index in [4.69, 9.17) is 9.47 Å². The van der Waals surface area contributed by atoms with Crippen LogP contribution in [0.5, 0.6) is 17.2 Å². The number of rotatable bonds is 8. The minimum atomic E-state index is -4.76. The van der Waals surface area contributed by atoms with Crippen LogP contribution in [0, 0.1) is 0 Å². The van der Waals surface area contributed by atoms with Crippen LogP contribution in [0.4, 0.5) is 29.3 Å². The molecule has 1 fully saturated rings. The van der Waals surface area contributed by atoms with Crippen molar-refractivity contribution in [1.29, 1.82) is 0 Å². The predicted octanol–water partition coefficient (Wildman–Crippen LogP) is 5.03. The largest absolute Gasteiger partial charge is 0.491 e. The number of amides is 3. The number of halogens is 3. The molecule has 200 valence electrons. The average molecular weight is 530 g/mol.